The van der Waals surface area contributed by atoms with Crippen LogP contribution in [-0.4, -0.2) is 12.4 Å². The normalized spacial score (nSPS) is 13.9. The standard InChI is InChI=1S/C12H11ClO2/c1-7-3-11(13)5-9-4-10(8(2)14)6-15-12(7)9/h3-5H,6H2,1-2H3. The van der Waals surface area contributed by atoms with Crippen LogP contribution in [0.1, 0.15) is 18.1 Å². The van der Waals surface area contributed by atoms with Crippen LogP contribution in [0.2, 0.25) is 5.02 Å². The zero-order valence-corrected chi connectivity index (χ0v) is 9.39. The van der Waals surface area contributed by atoms with Crippen LogP contribution in [0.15, 0.2) is 17.7 Å². The Morgan fingerprint density at radius 1 is 1.47 bits per heavy atom. The lowest BCUT2D eigenvalue weighted by atomic mass is 10.0. The van der Waals surface area contributed by atoms with Crippen LogP contribution in [0, 0.1) is 6.92 Å². The summed E-state index contributed by atoms with van der Waals surface area (Å²) in [7, 11) is 0. The zero-order valence-electron chi connectivity index (χ0n) is 8.63. The van der Waals surface area contributed by atoms with Crippen molar-refractivity contribution in [2.45, 2.75) is 13.8 Å². The summed E-state index contributed by atoms with van der Waals surface area (Å²) in [4.78, 5) is 11.2. The molecule has 0 N–H and O–H groups in total. The third-order valence-corrected chi connectivity index (χ3v) is 2.64. The summed E-state index contributed by atoms with van der Waals surface area (Å²) in [5.41, 5.74) is 2.57. The average Bonchev–Trinajstić information content (AvgIpc) is 2.16. The molecule has 0 bridgehead atoms. The first-order valence-corrected chi connectivity index (χ1v) is 5.10. The molecule has 0 aromatic heterocycles. The molecule has 1 aliphatic heterocycles. The molecule has 0 saturated heterocycles. The second-order valence-electron chi connectivity index (χ2n) is 3.66. The fraction of sp³-hybridized carbons (Fsp3) is 0.250. The Morgan fingerprint density at radius 3 is 2.87 bits per heavy atom. The molecule has 2 nitrogen and oxygen atoms in total. The molecule has 1 aromatic rings. The monoisotopic (exact) mass is 222 g/mol. The SMILES string of the molecule is CC(=O)C1=Cc2cc(Cl)cc(C)c2OC1. The first kappa shape index (κ1) is 10.2. The molecule has 1 aliphatic rings. The van der Waals surface area contributed by atoms with Crippen molar-refractivity contribution in [2.75, 3.05) is 6.61 Å². The van der Waals surface area contributed by atoms with Gasteiger partial charge in [-0.3, -0.25) is 4.79 Å². The zero-order chi connectivity index (χ0) is 11.0. The number of benzene rings is 1. The first-order valence-electron chi connectivity index (χ1n) is 4.72. The first-order chi connectivity index (χ1) is 7.08. The van der Waals surface area contributed by atoms with Crippen molar-refractivity contribution in [3.05, 3.63) is 33.9 Å². The van der Waals surface area contributed by atoms with Crippen molar-refractivity contribution in [3.8, 4) is 5.75 Å². The molecule has 0 radical (unpaired) electrons. The second kappa shape index (κ2) is 3.70. The number of ether oxygens (including phenoxy) is 1. The predicted octanol–water partition coefficient (Wildman–Crippen LogP) is 3.01. The lowest BCUT2D eigenvalue weighted by molar-refractivity contribution is -0.113. The van der Waals surface area contributed by atoms with Crippen LogP contribution in [-0.2, 0) is 4.79 Å². The summed E-state index contributed by atoms with van der Waals surface area (Å²) >= 11 is 5.94. The van der Waals surface area contributed by atoms with Crippen molar-refractivity contribution in [1.29, 1.82) is 0 Å². The highest BCUT2D eigenvalue weighted by atomic mass is 35.5. The smallest absolute Gasteiger partial charge is 0.159 e. The fourth-order valence-electron chi connectivity index (χ4n) is 1.64. The van der Waals surface area contributed by atoms with Gasteiger partial charge in [-0.05, 0) is 37.6 Å². The van der Waals surface area contributed by atoms with Crippen LogP contribution >= 0.6 is 11.6 Å². The van der Waals surface area contributed by atoms with Crippen LogP contribution in [0.3, 0.4) is 0 Å². The van der Waals surface area contributed by atoms with E-state index in [0.717, 1.165) is 16.9 Å². The van der Waals surface area contributed by atoms with Crippen LogP contribution < -0.4 is 4.74 Å². The van der Waals surface area contributed by atoms with E-state index < -0.39 is 0 Å². The van der Waals surface area contributed by atoms with E-state index in [9.17, 15) is 4.79 Å². The van der Waals surface area contributed by atoms with Gasteiger partial charge in [0.25, 0.3) is 0 Å². The van der Waals surface area contributed by atoms with E-state index in [2.05, 4.69) is 0 Å². The minimum absolute atomic E-state index is 0.0401. The Labute approximate surface area is 93.5 Å². The van der Waals surface area contributed by atoms with Gasteiger partial charge in [-0.1, -0.05) is 11.6 Å². The largest absolute Gasteiger partial charge is 0.488 e. The molecular weight excluding hydrogens is 212 g/mol. The number of carbonyl (C=O) groups excluding carboxylic acids is 1. The highest BCUT2D eigenvalue weighted by molar-refractivity contribution is 6.30. The molecule has 1 aromatic carbocycles. The molecule has 2 rings (SSSR count). The molecule has 78 valence electrons. The van der Waals surface area contributed by atoms with E-state index in [0.29, 0.717) is 17.2 Å². The van der Waals surface area contributed by atoms with E-state index in [4.69, 9.17) is 16.3 Å². The van der Waals surface area contributed by atoms with Gasteiger partial charge in [0.2, 0.25) is 0 Å². The summed E-state index contributed by atoms with van der Waals surface area (Å²) in [6, 6.07) is 3.67. The Balaban J connectivity index is 2.54. The Kier molecular flexibility index (Phi) is 2.53. The Morgan fingerprint density at radius 2 is 2.20 bits per heavy atom. The third kappa shape index (κ3) is 1.90. The van der Waals surface area contributed by atoms with E-state index in [1.54, 1.807) is 0 Å². The van der Waals surface area contributed by atoms with Crippen molar-refractivity contribution in [1.82, 2.24) is 0 Å². The van der Waals surface area contributed by atoms with Gasteiger partial charge < -0.3 is 4.74 Å². The van der Waals surface area contributed by atoms with Gasteiger partial charge in [0.1, 0.15) is 12.4 Å². The van der Waals surface area contributed by atoms with E-state index in [1.165, 1.54) is 6.92 Å². The number of carbonyl (C=O) groups is 1. The topological polar surface area (TPSA) is 26.3 Å². The molecule has 15 heavy (non-hydrogen) atoms. The molecule has 3 heteroatoms. The van der Waals surface area contributed by atoms with Crippen LogP contribution in [0.4, 0.5) is 0 Å². The van der Waals surface area contributed by atoms with Gasteiger partial charge in [0.05, 0.1) is 0 Å². The molecule has 0 atom stereocenters. The maximum atomic E-state index is 11.2. The molecule has 0 saturated carbocycles. The van der Waals surface area contributed by atoms with E-state index in [1.807, 2.05) is 25.1 Å². The minimum Gasteiger partial charge on any atom is -0.488 e. The average molecular weight is 223 g/mol. The number of halogens is 1. The molecule has 1 heterocycles. The van der Waals surface area contributed by atoms with Gasteiger partial charge in [0, 0.05) is 16.2 Å². The molecular formula is C12H11ClO2. The van der Waals surface area contributed by atoms with Crippen LogP contribution in [0.25, 0.3) is 6.08 Å². The predicted molar refractivity (Wildman–Crippen MR) is 60.3 cm³/mol. The summed E-state index contributed by atoms with van der Waals surface area (Å²) in [5.74, 6) is 0.864. The summed E-state index contributed by atoms with van der Waals surface area (Å²) in [6.07, 6.45) is 1.85. The van der Waals surface area contributed by atoms with Gasteiger partial charge in [-0.2, -0.15) is 0 Å². The van der Waals surface area contributed by atoms with Crippen molar-refractivity contribution in [3.63, 3.8) is 0 Å². The van der Waals surface area contributed by atoms with Crippen LogP contribution in [0.5, 0.6) is 5.75 Å². The molecule has 0 amide bonds. The Hall–Kier alpha value is -1.28. The number of rotatable bonds is 1. The number of hydrogen-bond acceptors (Lipinski definition) is 2. The number of fused-ring (bicyclic) bond motifs is 1. The fourth-order valence-corrected chi connectivity index (χ4v) is 1.92. The maximum absolute atomic E-state index is 11.2. The van der Waals surface area contributed by atoms with Gasteiger partial charge in [-0.25, -0.2) is 0 Å². The molecule has 0 spiro atoms. The number of ketones is 1. The van der Waals surface area contributed by atoms with Gasteiger partial charge >= 0.3 is 0 Å². The van der Waals surface area contributed by atoms with E-state index in [-0.39, 0.29) is 5.78 Å². The molecule has 0 fully saturated rings. The molecule has 0 aliphatic carbocycles. The second-order valence-corrected chi connectivity index (χ2v) is 4.09. The highest BCUT2D eigenvalue weighted by Gasteiger charge is 2.16. The lowest BCUT2D eigenvalue weighted by Crippen LogP contribution is -2.13. The minimum atomic E-state index is 0.0401. The molecule has 0 unspecified atom stereocenters. The van der Waals surface area contributed by atoms with Gasteiger partial charge in [-0.15, -0.1) is 0 Å². The summed E-state index contributed by atoms with van der Waals surface area (Å²) in [5, 5.41) is 0.663. The summed E-state index contributed by atoms with van der Waals surface area (Å²) < 4.78 is 5.54. The quantitative estimate of drug-likeness (QED) is 0.730. The number of hydrogen-bond donors (Lipinski definition) is 0. The van der Waals surface area contributed by atoms with Gasteiger partial charge in [0.15, 0.2) is 5.78 Å². The maximum Gasteiger partial charge on any atom is 0.159 e. The highest BCUT2D eigenvalue weighted by Crippen LogP contribution is 2.32. The van der Waals surface area contributed by atoms with Crippen molar-refractivity contribution >= 4 is 23.5 Å². The lowest BCUT2D eigenvalue weighted by Gasteiger charge is -2.18. The number of Topliss-reactive ketones (excluding diaryl/α,β-unsaturated/α-hetero) is 1. The van der Waals surface area contributed by atoms with Crippen molar-refractivity contribution < 1.29 is 9.53 Å². The number of aryl methyl sites for hydroxylation is 1. The van der Waals surface area contributed by atoms with E-state index >= 15 is 0 Å². The van der Waals surface area contributed by atoms with Crippen molar-refractivity contribution in [2.24, 2.45) is 0 Å². The Bertz CT molecular complexity index is 461. The third-order valence-electron chi connectivity index (χ3n) is 2.42. The summed E-state index contributed by atoms with van der Waals surface area (Å²) in [6.45, 7) is 3.83.